The smallest absolute Gasteiger partial charge is 0.207 e. The first-order valence-electron chi connectivity index (χ1n) is 9.24. The third-order valence-electron chi connectivity index (χ3n) is 3.98. The van der Waals surface area contributed by atoms with E-state index in [1.807, 2.05) is 50.3 Å². The van der Waals surface area contributed by atoms with Crippen molar-refractivity contribution >= 4 is 34.8 Å². The van der Waals surface area contributed by atoms with E-state index < -0.39 is 0 Å². The highest BCUT2D eigenvalue weighted by Gasteiger charge is 2.04. The number of amides is 1. The van der Waals surface area contributed by atoms with Gasteiger partial charge >= 0.3 is 0 Å². The van der Waals surface area contributed by atoms with Gasteiger partial charge in [0.25, 0.3) is 0 Å². The maximum Gasteiger partial charge on any atom is 0.207 e. The van der Waals surface area contributed by atoms with Crippen LogP contribution in [0.3, 0.4) is 0 Å². The molecule has 1 aromatic carbocycles. The van der Waals surface area contributed by atoms with E-state index in [0.29, 0.717) is 18.8 Å². The zero-order valence-electron chi connectivity index (χ0n) is 17.3. The lowest BCUT2D eigenvalue weighted by Gasteiger charge is -1.99. The van der Waals surface area contributed by atoms with Gasteiger partial charge < -0.3 is 15.5 Å². The summed E-state index contributed by atoms with van der Waals surface area (Å²) in [6.07, 6.45) is 8.44. The van der Waals surface area contributed by atoms with Crippen molar-refractivity contribution in [3.63, 3.8) is 0 Å². The van der Waals surface area contributed by atoms with Crippen LogP contribution in [0.2, 0.25) is 0 Å². The number of anilines is 1. The minimum Gasteiger partial charge on any atom is -0.459 e. The van der Waals surface area contributed by atoms with Crippen molar-refractivity contribution in [3.8, 4) is 0 Å². The van der Waals surface area contributed by atoms with E-state index in [4.69, 9.17) is 10.2 Å². The molecule has 1 amide bonds. The molecule has 0 bridgehead atoms. The molecule has 0 saturated carbocycles. The van der Waals surface area contributed by atoms with Crippen LogP contribution in [-0.2, 0) is 11.3 Å². The van der Waals surface area contributed by atoms with Crippen LogP contribution in [0.1, 0.15) is 37.7 Å². The molecule has 3 aromatic rings. The summed E-state index contributed by atoms with van der Waals surface area (Å²) in [6.45, 7) is 12.5. The van der Waals surface area contributed by atoms with Gasteiger partial charge in [-0.1, -0.05) is 24.3 Å². The highest BCUT2D eigenvalue weighted by atomic mass is 16.3. The highest BCUT2D eigenvalue weighted by Crippen LogP contribution is 2.24. The first-order valence-corrected chi connectivity index (χ1v) is 9.24. The SMILES string of the molecule is C/C=C(\C)c1ccc2oc(CNC=O)cc2c1.C/C=C/c1ccc(N)nc1.C=C. The van der Waals surface area contributed by atoms with Crippen molar-refractivity contribution in [1.82, 2.24) is 10.3 Å². The molecular weight excluding hydrogens is 362 g/mol. The fraction of sp³-hybridized carbons (Fsp3) is 0.167. The molecule has 0 aliphatic carbocycles. The van der Waals surface area contributed by atoms with Gasteiger partial charge in [0.1, 0.15) is 17.2 Å². The quantitative estimate of drug-likeness (QED) is 0.438. The zero-order chi connectivity index (χ0) is 21.6. The van der Waals surface area contributed by atoms with Gasteiger partial charge in [-0.3, -0.25) is 4.79 Å². The van der Waals surface area contributed by atoms with Crippen LogP contribution in [-0.4, -0.2) is 11.4 Å². The third-order valence-corrected chi connectivity index (χ3v) is 3.98. The highest BCUT2D eigenvalue weighted by molar-refractivity contribution is 5.82. The number of carbonyl (C=O) groups is 1. The molecule has 2 heterocycles. The van der Waals surface area contributed by atoms with Crippen molar-refractivity contribution in [2.24, 2.45) is 0 Å². The van der Waals surface area contributed by atoms with Gasteiger partial charge in [0.15, 0.2) is 0 Å². The van der Waals surface area contributed by atoms with Crippen LogP contribution in [0, 0.1) is 0 Å². The number of fused-ring (bicyclic) bond motifs is 1. The Morgan fingerprint density at radius 1 is 1.21 bits per heavy atom. The molecule has 0 aliphatic rings. The lowest BCUT2D eigenvalue weighted by molar-refractivity contribution is -0.109. The average Bonchev–Trinajstić information content (AvgIpc) is 3.17. The van der Waals surface area contributed by atoms with Crippen molar-refractivity contribution < 1.29 is 9.21 Å². The maximum absolute atomic E-state index is 10.2. The molecule has 3 N–H and O–H groups in total. The summed E-state index contributed by atoms with van der Waals surface area (Å²) in [5.74, 6) is 1.33. The van der Waals surface area contributed by atoms with Crippen LogP contribution in [0.4, 0.5) is 5.82 Å². The molecule has 0 fully saturated rings. The predicted octanol–water partition coefficient (Wildman–Crippen LogP) is 5.60. The molecule has 0 unspecified atom stereocenters. The molecule has 5 nitrogen and oxygen atoms in total. The first-order chi connectivity index (χ1) is 14.1. The Labute approximate surface area is 172 Å². The summed E-state index contributed by atoms with van der Waals surface area (Å²) in [6, 6.07) is 11.8. The normalized spacial score (nSPS) is 10.7. The second-order valence-corrected chi connectivity index (χ2v) is 5.95. The van der Waals surface area contributed by atoms with Gasteiger partial charge in [0.2, 0.25) is 6.41 Å². The lowest BCUT2D eigenvalue weighted by atomic mass is 10.1. The van der Waals surface area contributed by atoms with Crippen molar-refractivity contribution in [2.45, 2.75) is 27.3 Å². The Kier molecular flexibility index (Phi) is 10.3. The monoisotopic (exact) mass is 391 g/mol. The number of aromatic nitrogens is 1. The van der Waals surface area contributed by atoms with Crippen LogP contribution in [0.15, 0.2) is 72.3 Å². The Morgan fingerprint density at radius 2 is 1.97 bits per heavy atom. The number of nitrogens with two attached hydrogens (primary N) is 1. The Balaban J connectivity index is 0.000000299. The molecule has 29 heavy (non-hydrogen) atoms. The molecule has 0 spiro atoms. The van der Waals surface area contributed by atoms with E-state index in [1.54, 1.807) is 12.3 Å². The van der Waals surface area contributed by atoms with Gasteiger partial charge in [-0.05, 0) is 67.8 Å². The minimum absolute atomic E-state index is 0.427. The second-order valence-electron chi connectivity index (χ2n) is 5.95. The maximum atomic E-state index is 10.2. The molecule has 0 saturated heterocycles. The second kappa shape index (κ2) is 12.7. The number of hydrogen-bond acceptors (Lipinski definition) is 4. The summed E-state index contributed by atoms with van der Waals surface area (Å²) >= 11 is 0. The van der Waals surface area contributed by atoms with E-state index in [9.17, 15) is 4.79 Å². The van der Waals surface area contributed by atoms with E-state index in [-0.39, 0.29) is 0 Å². The number of furan rings is 1. The standard InChI is InChI=1S/C14H15NO2.C8H10N2.C2H4/c1-3-10(2)11-4-5-14-12(6-11)7-13(17-14)8-15-9-16;1-2-3-7-4-5-8(9)10-6-7;1-2/h3-7,9H,8H2,1-2H3,(H,15,16);2-6H,1H3,(H2,9,10);1-2H2/b10-3+;3-2+;. The topological polar surface area (TPSA) is 81.2 Å². The number of carbonyl (C=O) groups excluding carboxylic acids is 1. The number of allylic oxidation sites excluding steroid dienone is 3. The fourth-order valence-corrected chi connectivity index (χ4v) is 2.45. The molecule has 152 valence electrons. The average molecular weight is 392 g/mol. The summed E-state index contributed by atoms with van der Waals surface area (Å²) in [4.78, 5) is 14.1. The molecule has 3 rings (SSSR count). The largest absolute Gasteiger partial charge is 0.459 e. The molecular formula is C24H29N3O2. The molecule has 0 radical (unpaired) electrons. The molecule has 5 heteroatoms. The number of nitrogens with one attached hydrogen (secondary N) is 1. The number of nitrogens with zero attached hydrogens (tertiary/aromatic N) is 1. The Morgan fingerprint density at radius 3 is 2.55 bits per heavy atom. The summed E-state index contributed by atoms with van der Waals surface area (Å²) in [5, 5.41) is 3.65. The van der Waals surface area contributed by atoms with Gasteiger partial charge in [0.05, 0.1) is 6.54 Å². The zero-order valence-corrected chi connectivity index (χ0v) is 17.3. The summed E-state index contributed by atoms with van der Waals surface area (Å²) in [7, 11) is 0. The number of benzene rings is 1. The van der Waals surface area contributed by atoms with Gasteiger partial charge in [-0.25, -0.2) is 4.98 Å². The Bertz CT molecular complexity index is 954. The van der Waals surface area contributed by atoms with Crippen LogP contribution in [0.5, 0.6) is 0 Å². The van der Waals surface area contributed by atoms with Gasteiger partial charge in [0, 0.05) is 11.6 Å². The first kappa shape index (κ1) is 23.4. The third kappa shape index (κ3) is 7.50. The van der Waals surface area contributed by atoms with E-state index >= 15 is 0 Å². The predicted molar refractivity (Wildman–Crippen MR) is 123 cm³/mol. The van der Waals surface area contributed by atoms with Crippen LogP contribution < -0.4 is 11.1 Å². The number of nitrogen functional groups attached to an aromatic ring is 1. The number of pyridine rings is 1. The van der Waals surface area contributed by atoms with Crippen molar-refractivity contribution in [1.29, 1.82) is 0 Å². The van der Waals surface area contributed by atoms with Crippen LogP contribution >= 0.6 is 0 Å². The van der Waals surface area contributed by atoms with E-state index in [1.165, 1.54) is 11.1 Å². The molecule has 0 aliphatic heterocycles. The van der Waals surface area contributed by atoms with Crippen molar-refractivity contribution in [3.05, 3.63) is 84.8 Å². The molecule has 2 aromatic heterocycles. The van der Waals surface area contributed by atoms with Crippen LogP contribution in [0.25, 0.3) is 22.6 Å². The van der Waals surface area contributed by atoms with Gasteiger partial charge in [-0.15, -0.1) is 13.2 Å². The summed E-state index contributed by atoms with van der Waals surface area (Å²) in [5.41, 5.74) is 9.74. The summed E-state index contributed by atoms with van der Waals surface area (Å²) < 4.78 is 5.60. The van der Waals surface area contributed by atoms with E-state index in [2.05, 4.69) is 42.5 Å². The van der Waals surface area contributed by atoms with Gasteiger partial charge in [-0.2, -0.15) is 0 Å². The molecule has 0 atom stereocenters. The number of hydrogen-bond donors (Lipinski definition) is 2. The lowest BCUT2D eigenvalue weighted by Crippen LogP contribution is -2.08. The van der Waals surface area contributed by atoms with Crippen molar-refractivity contribution in [2.75, 3.05) is 5.73 Å². The van der Waals surface area contributed by atoms with E-state index in [0.717, 1.165) is 22.3 Å². The fourth-order valence-electron chi connectivity index (χ4n) is 2.45. The number of rotatable bonds is 5. The minimum atomic E-state index is 0.427. The Hall–Kier alpha value is -3.60.